The second-order valence-electron chi connectivity index (χ2n) is 2.03. The molecule has 0 aliphatic carbocycles. The lowest BCUT2D eigenvalue weighted by atomic mass is 10.7. The predicted molar refractivity (Wildman–Crippen MR) is 45.0 cm³/mol. The van der Waals surface area contributed by atoms with Gasteiger partial charge in [0.25, 0.3) is 0 Å². The van der Waals surface area contributed by atoms with Gasteiger partial charge in [0.1, 0.15) is 5.82 Å². The Morgan fingerprint density at radius 2 is 2.60 bits per heavy atom. The number of aryl methyl sites for hydroxylation is 1. The fourth-order valence-corrected chi connectivity index (χ4v) is 1.09. The maximum Gasteiger partial charge on any atom is 0.141 e. The molecule has 3 nitrogen and oxygen atoms in total. The molecule has 2 N–H and O–H groups in total. The molecule has 0 saturated heterocycles. The third-order valence-corrected chi connectivity index (χ3v) is 1.80. The van der Waals surface area contributed by atoms with Gasteiger partial charge in [0.2, 0.25) is 0 Å². The third kappa shape index (κ3) is 1.95. The van der Waals surface area contributed by atoms with Crippen LogP contribution in [-0.2, 0) is 6.54 Å². The van der Waals surface area contributed by atoms with Crippen LogP contribution in [0.5, 0.6) is 0 Å². The van der Waals surface area contributed by atoms with Gasteiger partial charge in [0.15, 0.2) is 0 Å². The summed E-state index contributed by atoms with van der Waals surface area (Å²) in [6.07, 6.45) is 5.68. The Labute approximate surface area is 64.6 Å². The van der Waals surface area contributed by atoms with E-state index in [2.05, 4.69) is 11.2 Å². The average Bonchev–Trinajstić information content (AvgIpc) is 2.31. The fraction of sp³-hybridized carbons (Fsp3) is 0.500. The summed E-state index contributed by atoms with van der Waals surface area (Å²) in [5.41, 5.74) is 5.41. The molecule has 0 aromatic carbocycles. The number of nitrogen functional groups attached to an aromatic ring is 1. The van der Waals surface area contributed by atoms with E-state index in [1.165, 1.54) is 0 Å². The van der Waals surface area contributed by atoms with Crippen LogP contribution in [0.25, 0.3) is 0 Å². The zero-order valence-electron chi connectivity index (χ0n) is 5.95. The molecule has 1 heterocycles. The van der Waals surface area contributed by atoms with Gasteiger partial charge in [-0.15, -0.1) is 0 Å². The highest BCUT2D eigenvalue weighted by molar-refractivity contribution is 7.98. The molecule has 0 bridgehead atoms. The van der Waals surface area contributed by atoms with E-state index < -0.39 is 0 Å². The first-order valence-electron chi connectivity index (χ1n) is 3.09. The number of hydrogen-bond donors (Lipinski definition) is 1. The molecule has 0 aliphatic heterocycles. The minimum Gasteiger partial charge on any atom is -0.382 e. The number of nitrogens with zero attached hydrogens (tertiary/aromatic N) is 2. The maximum absolute atomic E-state index is 5.41. The molecule has 4 heteroatoms. The molecule has 0 radical (unpaired) electrons. The first kappa shape index (κ1) is 7.47. The van der Waals surface area contributed by atoms with Crippen LogP contribution in [0.3, 0.4) is 0 Å². The van der Waals surface area contributed by atoms with Gasteiger partial charge in [0, 0.05) is 18.5 Å². The Hall–Kier alpha value is -0.640. The van der Waals surface area contributed by atoms with Crippen molar-refractivity contribution < 1.29 is 0 Å². The molecule has 0 amide bonds. The van der Waals surface area contributed by atoms with E-state index in [0.29, 0.717) is 5.82 Å². The van der Waals surface area contributed by atoms with Crippen LogP contribution in [0.2, 0.25) is 0 Å². The van der Waals surface area contributed by atoms with Crippen LogP contribution in [0.4, 0.5) is 5.82 Å². The van der Waals surface area contributed by atoms with Crippen molar-refractivity contribution in [1.82, 2.24) is 9.55 Å². The van der Waals surface area contributed by atoms with Crippen LogP contribution >= 0.6 is 11.8 Å². The van der Waals surface area contributed by atoms with Crippen molar-refractivity contribution in [2.75, 3.05) is 17.7 Å². The van der Waals surface area contributed by atoms with Crippen LogP contribution in [0, 0.1) is 0 Å². The molecule has 0 saturated carbocycles. The summed E-state index contributed by atoms with van der Waals surface area (Å²) >= 11 is 1.82. The first-order valence-corrected chi connectivity index (χ1v) is 4.48. The van der Waals surface area contributed by atoms with Crippen molar-refractivity contribution in [1.29, 1.82) is 0 Å². The van der Waals surface area contributed by atoms with E-state index in [0.717, 1.165) is 12.3 Å². The summed E-state index contributed by atoms with van der Waals surface area (Å²) in [4.78, 5) is 3.90. The third-order valence-electron chi connectivity index (χ3n) is 1.21. The SMILES string of the molecule is CSCCn1cnc(N)c1. The van der Waals surface area contributed by atoms with Crippen molar-refractivity contribution in [3.63, 3.8) is 0 Å². The summed E-state index contributed by atoms with van der Waals surface area (Å²) in [6, 6.07) is 0. The number of anilines is 1. The number of rotatable bonds is 3. The van der Waals surface area contributed by atoms with Crippen LogP contribution in [0.1, 0.15) is 0 Å². The van der Waals surface area contributed by atoms with Gasteiger partial charge in [-0.25, -0.2) is 4.98 Å². The molecule has 0 atom stereocenters. The Balaban J connectivity index is 2.42. The van der Waals surface area contributed by atoms with E-state index >= 15 is 0 Å². The smallest absolute Gasteiger partial charge is 0.141 e. The zero-order chi connectivity index (χ0) is 7.40. The number of aromatic nitrogens is 2. The average molecular weight is 157 g/mol. The van der Waals surface area contributed by atoms with Gasteiger partial charge in [-0.3, -0.25) is 0 Å². The molecule has 56 valence electrons. The van der Waals surface area contributed by atoms with Gasteiger partial charge in [-0.2, -0.15) is 11.8 Å². The van der Waals surface area contributed by atoms with E-state index in [-0.39, 0.29) is 0 Å². The second kappa shape index (κ2) is 3.51. The zero-order valence-corrected chi connectivity index (χ0v) is 6.77. The lowest BCUT2D eigenvalue weighted by Crippen LogP contribution is -1.96. The van der Waals surface area contributed by atoms with Crippen molar-refractivity contribution in [2.24, 2.45) is 0 Å². The Morgan fingerprint density at radius 1 is 1.80 bits per heavy atom. The minimum absolute atomic E-state index is 0.598. The lowest BCUT2D eigenvalue weighted by molar-refractivity contribution is 0.771. The highest BCUT2D eigenvalue weighted by atomic mass is 32.2. The molecule has 1 rings (SSSR count). The van der Waals surface area contributed by atoms with E-state index in [9.17, 15) is 0 Å². The van der Waals surface area contributed by atoms with Gasteiger partial charge in [-0.1, -0.05) is 0 Å². The van der Waals surface area contributed by atoms with Crippen molar-refractivity contribution >= 4 is 17.6 Å². The molecule has 0 unspecified atom stereocenters. The lowest BCUT2D eigenvalue weighted by Gasteiger charge is -1.96. The van der Waals surface area contributed by atoms with Gasteiger partial charge < -0.3 is 10.3 Å². The van der Waals surface area contributed by atoms with Crippen molar-refractivity contribution in [2.45, 2.75) is 6.54 Å². The number of thioether (sulfide) groups is 1. The second-order valence-corrected chi connectivity index (χ2v) is 3.01. The quantitative estimate of drug-likeness (QED) is 0.706. The molecule has 0 spiro atoms. The van der Waals surface area contributed by atoms with Crippen LogP contribution in [0.15, 0.2) is 12.5 Å². The largest absolute Gasteiger partial charge is 0.382 e. The molecule has 0 aliphatic rings. The summed E-state index contributed by atoms with van der Waals surface area (Å²) in [7, 11) is 0. The Kier molecular flexibility index (Phi) is 2.62. The first-order chi connectivity index (χ1) is 4.83. The predicted octanol–water partition coefficient (Wildman–Crippen LogP) is 0.828. The molecule has 1 aromatic heterocycles. The van der Waals surface area contributed by atoms with Crippen LogP contribution in [-0.4, -0.2) is 21.6 Å². The summed E-state index contributed by atoms with van der Waals surface area (Å²) in [5, 5.41) is 0. The van der Waals surface area contributed by atoms with Crippen molar-refractivity contribution in [3.8, 4) is 0 Å². The molecular weight excluding hydrogens is 146 g/mol. The van der Waals surface area contributed by atoms with E-state index in [1.54, 1.807) is 6.33 Å². The van der Waals surface area contributed by atoms with Gasteiger partial charge in [-0.05, 0) is 6.26 Å². The van der Waals surface area contributed by atoms with Crippen LogP contribution < -0.4 is 5.73 Å². The standard InChI is InChI=1S/C6H11N3S/c1-10-3-2-9-4-6(7)8-5-9/h4-5H,2-3,7H2,1H3. The number of hydrogen-bond acceptors (Lipinski definition) is 3. The normalized spacial score (nSPS) is 10.1. The Morgan fingerprint density at radius 3 is 3.10 bits per heavy atom. The molecule has 0 fully saturated rings. The number of nitrogens with two attached hydrogens (primary N) is 1. The summed E-state index contributed by atoms with van der Waals surface area (Å²) in [5.74, 6) is 1.71. The van der Waals surface area contributed by atoms with Gasteiger partial charge >= 0.3 is 0 Å². The highest BCUT2D eigenvalue weighted by Crippen LogP contribution is 1.99. The maximum atomic E-state index is 5.41. The molecular formula is C6H11N3S. The molecule has 10 heavy (non-hydrogen) atoms. The van der Waals surface area contributed by atoms with E-state index in [1.807, 2.05) is 22.5 Å². The highest BCUT2D eigenvalue weighted by Gasteiger charge is 1.91. The van der Waals surface area contributed by atoms with Crippen molar-refractivity contribution in [3.05, 3.63) is 12.5 Å². The monoisotopic (exact) mass is 157 g/mol. The Bertz CT molecular complexity index is 197. The fourth-order valence-electron chi connectivity index (χ4n) is 0.696. The van der Waals surface area contributed by atoms with Gasteiger partial charge in [0.05, 0.1) is 6.33 Å². The number of imidazole rings is 1. The summed E-state index contributed by atoms with van der Waals surface area (Å²) in [6.45, 7) is 0.991. The molecule has 1 aromatic rings. The topological polar surface area (TPSA) is 43.8 Å². The minimum atomic E-state index is 0.598. The summed E-state index contributed by atoms with van der Waals surface area (Å²) < 4.78 is 1.99. The van der Waals surface area contributed by atoms with E-state index in [4.69, 9.17) is 5.73 Å².